The summed E-state index contributed by atoms with van der Waals surface area (Å²) in [4.78, 5) is 14.2. The minimum absolute atomic E-state index is 0.108. The van der Waals surface area contributed by atoms with E-state index in [4.69, 9.17) is 10.8 Å². The van der Waals surface area contributed by atoms with Crippen LogP contribution in [0.3, 0.4) is 0 Å². The highest BCUT2D eigenvalue weighted by Crippen LogP contribution is 2.30. The van der Waals surface area contributed by atoms with Crippen molar-refractivity contribution in [1.82, 2.24) is 4.98 Å². The van der Waals surface area contributed by atoms with E-state index in [0.29, 0.717) is 0 Å². The van der Waals surface area contributed by atoms with Crippen molar-refractivity contribution in [3.8, 4) is 5.75 Å². The van der Waals surface area contributed by atoms with Crippen LogP contribution in [0, 0.1) is 3.57 Å². The van der Waals surface area contributed by atoms with Gasteiger partial charge in [0.2, 0.25) is 0 Å². The number of ether oxygens (including phenoxy) is 1. The molecule has 0 bridgehead atoms. The van der Waals surface area contributed by atoms with Crippen LogP contribution in [0.5, 0.6) is 5.75 Å². The van der Waals surface area contributed by atoms with Crippen molar-refractivity contribution in [1.29, 1.82) is 0 Å². The Balaban J connectivity index is 3.15. The quantitative estimate of drug-likeness (QED) is 0.782. The van der Waals surface area contributed by atoms with E-state index in [1.54, 1.807) is 22.6 Å². The first-order valence-corrected chi connectivity index (χ1v) is 5.66. The number of aliphatic carboxylic acids is 1. The Kier molecular flexibility index (Phi) is 4.73. The summed E-state index contributed by atoms with van der Waals surface area (Å²) in [5, 5.41) is 8.59. The lowest BCUT2D eigenvalue weighted by molar-refractivity contribution is -0.275. The minimum atomic E-state index is -4.85. The van der Waals surface area contributed by atoms with Crippen LogP contribution in [0.4, 0.5) is 13.2 Å². The monoisotopic (exact) mass is 376 g/mol. The van der Waals surface area contributed by atoms with Crippen molar-refractivity contribution in [3.05, 3.63) is 21.0 Å². The summed E-state index contributed by atoms with van der Waals surface area (Å²) in [7, 11) is 0. The van der Waals surface area contributed by atoms with Crippen LogP contribution in [-0.4, -0.2) is 22.4 Å². The minimum Gasteiger partial charge on any atom is -0.481 e. The largest absolute Gasteiger partial charge is 0.573 e. The lowest BCUT2D eigenvalue weighted by atomic mass is 10.2. The van der Waals surface area contributed by atoms with Gasteiger partial charge in [0, 0.05) is 6.54 Å². The first kappa shape index (κ1) is 15.0. The van der Waals surface area contributed by atoms with Gasteiger partial charge in [-0.1, -0.05) is 0 Å². The van der Waals surface area contributed by atoms with E-state index < -0.39 is 24.5 Å². The number of halogens is 4. The Morgan fingerprint density at radius 1 is 1.56 bits per heavy atom. The first-order valence-electron chi connectivity index (χ1n) is 4.59. The second-order valence-corrected chi connectivity index (χ2v) is 4.36. The number of pyridine rings is 1. The Labute approximate surface area is 113 Å². The molecule has 1 aromatic heterocycles. The molecule has 0 amide bonds. The number of carbonyl (C=O) groups is 1. The Hall–Kier alpha value is -1.10. The lowest BCUT2D eigenvalue weighted by Gasteiger charge is -2.14. The Morgan fingerprint density at radius 2 is 2.17 bits per heavy atom. The zero-order chi connectivity index (χ0) is 13.9. The molecule has 0 aromatic carbocycles. The molecule has 0 radical (unpaired) electrons. The number of carboxylic acids is 1. The number of alkyl halides is 3. The third kappa shape index (κ3) is 4.29. The molecule has 1 aromatic rings. The molecule has 1 heterocycles. The molecule has 3 N–H and O–H groups in total. The summed E-state index contributed by atoms with van der Waals surface area (Å²) in [6, 6.07) is 1.22. The molecule has 0 fully saturated rings. The molecule has 0 saturated heterocycles. The second-order valence-electron chi connectivity index (χ2n) is 3.19. The predicted molar refractivity (Wildman–Crippen MR) is 62.9 cm³/mol. The van der Waals surface area contributed by atoms with Gasteiger partial charge in [-0.05, 0) is 28.7 Å². The fraction of sp³-hybridized carbons (Fsp3) is 0.333. The van der Waals surface area contributed by atoms with Gasteiger partial charge in [0.15, 0.2) is 5.75 Å². The number of hydrogen-bond acceptors (Lipinski definition) is 4. The number of nitrogens with two attached hydrogens (primary N) is 1. The maximum absolute atomic E-state index is 12.2. The van der Waals surface area contributed by atoms with Crippen LogP contribution in [0.15, 0.2) is 6.07 Å². The molecule has 0 aliphatic rings. The van der Waals surface area contributed by atoms with Crippen molar-refractivity contribution in [2.24, 2.45) is 5.73 Å². The topological polar surface area (TPSA) is 85.4 Å². The highest BCUT2D eigenvalue weighted by molar-refractivity contribution is 14.1. The lowest BCUT2D eigenvalue weighted by Crippen LogP contribution is -2.21. The molecule has 9 heteroatoms. The van der Waals surface area contributed by atoms with Gasteiger partial charge in [0.1, 0.15) is 0 Å². The van der Waals surface area contributed by atoms with Crippen LogP contribution in [0.1, 0.15) is 11.4 Å². The number of hydrogen-bond donors (Lipinski definition) is 2. The van der Waals surface area contributed by atoms with Gasteiger partial charge in [-0.2, -0.15) is 0 Å². The molecule has 0 aliphatic carbocycles. The number of nitrogens with zero attached hydrogens (tertiary/aromatic N) is 1. The van der Waals surface area contributed by atoms with E-state index >= 15 is 0 Å². The van der Waals surface area contributed by atoms with E-state index in [-0.39, 0.29) is 21.5 Å². The zero-order valence-corrected chi connectivity index (χ0v) is 10.9. The molecule has 0 aliphatic heterocycles. The van der Waals surface area contributed by atoms with Crippen LogP contribution >= 0.6 is 22.6 Å². The van der Waals surface area contributed by atoms with Gasteiger partial charge in [0.25, 0.3) is 0 Å². The van der Waals surface area contributed by atoms with Gasteiger partial charge < -0.3 is 15.6 Å². The fourth-order valence-corrected chi connectivity index (χ4v) is 1.99. The summed E-state index contributed by atoms with van der Waals surface area (Å²) in [5.41, 5.74) is 5.28. The first-order chi connectivity index (χ1) is 8.23. The van der Waals surface area contributed by atoms with Crippen molar-refractivity contribution in [2.75, 3.05) is 0 Å². The van der Waals surface area contributed by atoms with Gasteiger partial charge in [-0.25, -0.2) is 0 Å². The van der Waals surface area contributed by atoms with E-state index in [1.807, 2.05) is 0 Å². The molecule has 18 heavy (non-hydrogen) atoms. The number of carboxylic acid groups (broad SMARTS) is 1. The van der Waals surface area contributed by atoms with E-state index in [9.17, 15) is 18.0 Å². The van der Waals surface area contributed by atoms with Gasteiger partial charge in [0.05, 0.1) is 21.4 Å². The predicted octanol–water partition coefficient (Wildman–Crippen LogP) is 1.67. The zero-order valence-electron chi connectivity index (χ0n) is 8.79. The van der Waals surface area contributed by atoms with Crippen molar-refractivity contribution >= 4 is 28.6 Å². The Bertz CT molecular complexity index is 465. The molecule has 0 unspecified atom stereocenters. The third-order valence-electron chi connectivity index (χ3n) is 1.79. The van der Waals surface area contributed by atoms with Gasteiger partial charge in [-0.15, -0.1) is 13.2 Å². The van der Waals surface area contributed by atoms with E-state index in [0.717, 1.165) is 0 Å². The number of aromatic nitrogens is 1. The molecular weight excluding hydrogens is 368 g/mol. The molecule has 1 rings (SSSR count). The average Bonchev–Trinajstić information content (AvgIpc) is 2.19. The van der Waals surface area contributed by atoms with Crippen LogP contribution in [-0.2, 0) is 17.8 Å². The van der Waals surface area contributed by atoms with Gasteiger partial charge in [-0.3, -0.25) is 9.78 Å². The van der Waals surface area contributed by atoms with Crippen molar-refractivity contribution < 1.29 is 27.8 Å². The summed E-state index contributed by atoms with van der Waals surface area (Å²) >= 11 is 1.61. The molecule has 5 nitrogen and oxygen atoms in total. The van der Waals surface area contributed by atoms with Crippen LogP contribution in [0.25, 0.3) is 0 Å². The van der Waals surface area contributed by atoms with Crippen LogP contribution in [0.2, 0.25) is 0 Å². The van der Waals surface area contributed by atoms with Crippen molar-refractivity contribution in [3.63, 3.8) is 0 Å². The molecule has 100 valence electrons. The molecular formula is C9H8F3IN2O3. The second kappa shape index (κ2) is 5.69. The standard InChI is InChI=1S/C9H8F3IN2O3/c10-9(11,12)18-8-5(13)1-4(2-7(16)17)15-6(8)3-14/h1H,2-3,14H2,(H,16,17). The normalized spacial score (nSPS) is 11.4. The summed E-state index contributed by atoms with van der Waals surface area (Å²) in [6.45, 7) is -0.283. The summed E-state index contributed by atoms with van der Waals surface area (Å²) < 4.78 is 40.4. The smallest absolute Gasteiger partial charge is 0.481 e. The SMILES string of the molecule is NCc1nc(CC(=O)O)cc(I)c1OC(F)(F)F. The summed E-state index contributed by atoms with van der Waals surface area (Å²) in [5.74, 6) is -1.62. The van der Waals surface area contributed by atoms with E-state index in [2.05, 4.69) is 9.72 Å². The molecule has 0 saturated carbocycles. The van der Waals surface area contributed by atoms with Gasteiger partial charge >= 0.3 is 12.3 Å². The third-order valence-corrected chi connectivity index (χ3v) is 2.60. The maximum atomic E-state index is 12.2. The molecule has 0 atom stereocenters. The van der Waals surface area contributed by atoms with Crippen LogP contribution < -0.4 is 10.5 Å². The Morgan fingerprint density at radius 3 is 2.61 bits per heavy atom. The maximum Gasteiger partial charge on any atom is 0.573 e. The number of rotatable bonds is 4. The molecule has 0 spiro atoms. The highest BCUT2D eigenvalue weighted by atomic mass is 127. The summed E-state index contributed by atoms with van der Waals surface area (Å²) in [6.07, 6.45) is -5.24. The van der Waals surface area contributed by atoms with Crippen molar-refractivity contribution in [2.45, 2.75) is 19.3 Å². The average molecular weight is 376 g/mol. The van der Waals surface area contributed by atoms with E-state index in [1.165, 1.54) is 6.07 Å². The highest BCUT2D eigenvalue weighted by Gasteiger charge is 2.33. The fourth-order valence-electron chi connectivity index (χ4n) is 1.21.